The maximum atomic E-state index is 13.4. The first-order valence-electron chi connectivity index (χ1n) is 6.78. The fourth-order valence-electron chi connectivity index (χ4n) is 1.97. The maximum absolute atomic E-state index is 13.4. The van der Waals surface area contributed by atoms with E-state index >= 15 is 0 Å². The summed E-state index contributed by atoms with van der Waals surface area (Å²) in [4.78, 5) is 22.7. The molecule has 24 heavy (non-hydrogen) atoms. The Bertz CT molecular complexity index is 758. The average Bonchev–Trinajstić information content (AvgIpc) is 2.57. The number of hydrogen-bond donors (Lipinski definition) is 2. The minimum atomic E-state index is -1.57. The van der Waals surface area contributed by atoms with E-state index in [1.54, 1.807) is 12.1 Å². The van der Waals surface area contributed by atoms with Crippen LogP contribution in [0, 0.1) is 17.5 Å². The van der Waals surface area contributed by atoms with E-state index in [0.717, 1.165) is 19.2 Å². The first kappa shape index (κ1) is 17.3. The summed E-state index contributed by atoms with van der Waals surface area (Å²) in [7, 11) is 1.15. The lowest BCUT2D eigenvalue weighted by Crippen LogP contribution is -2.32. The van der Waals surface area contributed by atoms with Crippen molar-refractivity contribution in [3.05, 3.63) is 53.8 Å². The van der Waals surface area contributed by atoms with Crippen molar-refractivity contribution in [2.24, 2.45) is 0 Å². The highest BCUT2D eigenvalue weighted by Crippen LogP contribution is 2.30. The third-order valence-corrected chi connectivity index (χ3v) is 3.07. The SMILES string of the molecule is COC(=O)NCC(=O)Nc1ccccc1-c1cc(F)c(F)c(F)c1. The summed E-state index contributed by atoms with van der Waals surface area (Å²) < 4.78 is 44.2. The Labute approximate surface area is 135 Å². The van der Waals surface area contributed by atoms with E-state index in [2.05, 4.69) is 15.4 Å². The zero-order valence-corrected chi connectivity index (χ0v) is 12.5. The van der Waals surface area contributed by atoms with Crippen LogP contribution in [0.2, 0.25) is 0 Å². The summed E-state index contributed by atoms with van der Waals surface area (Å²) in [6, 6.07) is 7.87. The molecule has 2 aromatic rings. The quantitative estimate of drug-likeness (QED) is 0.842. The average molecular weight is 338 g/mol. The first-order valence-corrected chi connectivity index (χ1v) is 6.78. The molecule has 0 aliphatic rings. The van der Waals surface area contributed by atoms with E-state index in [0.29, 0.717) is 5.56 Å². The Kier molecular flexibility index (Phi) is 5.41. The second-order valence-corrected chi connectivity index (χ2v) is 4.69. The maximum Gasteiger partial charge on any atom is 0.407 e. The summed E-state index contributed by atoms with van der Waals surface area (Å²) in [5.41, 5.74) is 0.601. The number of hydrogen-bond acceptors (Lipinski definition) is 3. The Balaban J connectivity index is 2.25. The van der Waals surface area contributed by atoms with Crippen molar-refractivity contribution >= 4 is 17.7 Å². The summed E-state index contributed by atoms with van der Waals surface area (Å²) in [6.45, 7) is -0.354. The van der Waals surface area contributed by atoms with Crippen molar-refractivity contribution in [2.45, 2.75) is 0 Å². The third-order valence-electron chi connectivity index (χ3n) is 3.07. The van der Waals surface area contributed by atoms with Crippen molar-refractivity contribution in [1.82, 2.24) is 5.32 Å². The predicted octanol–water partition coefficient (Wildman–Crippen LogP) is 3.07. The number of carbonyl (C=O) groups is 2. The number of nitrogens with one attached hydrogen (secondary N) is 2. The smallest absolute Gasteiger partial charge is 0.407 e. The Hall–Kier alpha value is -3.03. The lowest BCUT2D eigenvalue weighted by molar-refractivity contribution is -0.115. The van der Waals surface area contributed by atoms with Gasteiger partial charge in [-0.1, -0.05) is 18.2 Å². The normalized spacial score (nSPS) is 10.2. The zero-order valence-electron chi connectivity index (χ0n) is 12.5. The van der Waals surface area contributed by atoms with Gasteiger partial charge < -0.3 is 15.4 Å². The van der Waals surface area contributed by atoms with E-state index < -0.39 is 29.5 Å². The van der Waals surface area contributed by atoms with Gasteiger partial charge in [-0.05, 0) is 23.8 Å². The van der Waals surface area contributed by atoms with Gasteiger partial charge in [0.2, 0.25) is 5.91 Å². The van der Waals surface area contributed by atoms with E-state index in [4.69, 9.17) is 0 Å². The van der Waals surface area contributed by atoms with E-state index in [1.807, 2.05) is 0 Å². The van der Waals surface area contributed by atoms with Crippen molar-refractivity contribution in [2.75, 3.05) is 19.0 Å². The van der Waals surface area contributed by atoms with E-state index in [1.165, 1.54) is 12.1 Å². The molecule has 0 aliphatic heterocycles. The molecule has 0 spiro atoms. The number of para-hydroxylation sites is 1. The van der Waals surface area contributed by atoms with E-state index in [-0.39, 0.29) is 17.8 Å². The number of rotatable bonds is 4. The number of carbonyl (C=O) groups excluding carboxylic acids is 2. The number of benzene rings is 2. The van der Waals surface area contributed by atoms with Crippen LogP contribution in [0.3, 0.4) is 0 Å². The van der Waals surface area contributed by atoms with Crippen LogP contribution >= 0.6 is 0 Å². The molecule has 126 valence electrons. The Morgan fingerprint density at radius 2 is 1.71 bits per heavy atom. The standard InChI is InChI=1S/C16H13F3N2O3/c1-24-16(23)20-8-14(22)21-13-5-3-2-4-10(13)9-6-11(17)15(19)12(18)7-9/h2-7H,8H2,1H3,(H,20,23)(H,21,22). The molecule has 0 unspecified atom stereocenters. The molecule has 2 amide bonds. The molecule has 0 aliphatic carbocycles. The molecule has 2 N–H and O–H groups in total. The van der Waals surface area contributed by atoms with Crippen LogP contribution in [0.4, 0.5) is 23.7 Å². The second kappa shape index (κ2) is 7.49. The van der Waals surface area contributed by atoms with Crippen LogP contribution in [-0.4, -0.2) is 25.7 Å². The number of anilines is 1. The molecule has 5 nitrogen and oxygen atoms in total. The Morgan fingerprint density at radius 1 is 1.08 bits per heavy atom. The second-order valence-electron chi connectivity index (χ2n) is 4.69. The molecule has 0 aromatic heterocycles. The molecular weight excluding hydrogens is 325 g/mol. The lowest BCUT2D eigenvalue weighted by atomic mass is 10.0. The minimum absolute atomic E-state index is 0.0585. The molecule has 2 rings (SSSR count). The molecule has 2 aromatic carbocycles. The van der Waals surface area contributed by atoms with Gasteiger partial charge in [-0.25, -0.2) is 18.0 Å². The summed E-state index contributed by atoms with van der Waals surface area (Å²) in [5, 5.41) is 4.69. The molecule has 0 saturated carbocycles. The van der Waals surface area contributed by atoms with Crippen molar-refractivity contribution < 1.29 is 27.5 Å². The fraction of sp³-hybridized carbons (Fsp3) is 0.125. The summed E-state index contributed by atoms with van der Waals surface area (Å²) in [6.07, 6.45) is -0.777. The van der Waals surface area contributed by atoms with Gasteiger partial charge >= 0.3 is 6.09 Å². The van der Waals surface area contributed by atoms with Crippen LogP contribution < -0.4 is 10.6 Å². The molecule has 0 atom stereocenters. The topological polar surface area (TPSA) is 67.4 Å². The zero-order chi connectivity index (χ0) is 17.7. The largest absolute Gasteiger partial charge is 0.453 e. The number of methoxy groups -OCH3 is 1. The van der Waals surface area contributed by atoms with Crippen LogP contribution in [0.1, 0.15) is 0 Å². The van der Waals surface area contributed by atoms with Gasteiger partial charge in [0.1, 0.15) is 6.54 Å². The van der Waals surface area contributed by atoms with Crippen LogP contribution in [0.15, 0.2) is 36.4 Å². The molecular formula is C16H13F3N2O3. The molecule has 8 heteroatoms. The van der Waals surface area contributed by atoms with Gasteiger partial charge in [-0.15, -0.1) is 0 Å². The third kappa shape index (κ3) is 4.03. The van der Waals surface area contributed by atoms with Crippen LogP contribution in [0.5, 0.6) is 0 Å². The monoisotopic (exact) mass is 338 g/mol. The van der Waals surface area contributed by atoms with Gasteiger partial charge in [0.05, 0.1) is 7.11 Å². The van der Waals surface area contributed by atoms with Gasteiger partial charge in [0.25, 0.3) is 0 Å². The predicted molar refractivity (Wildman–Crippen MR) is 80.8 cm³/mol. The van der Waals surface area contributed by atoms with Gasteiger partial charge in [-0.2, -0.15) is 0 Å². The molecule has 0 saturated heterocycles. The number of alkyl carbamates (subject to hydrolysis) is 1. The van der Waals surface area contributed by atoms with Gasteiger partial charge in [-0.3, -0.25) is 4.79 Å². The van der Waals surface area contributed by atoms with Crippen molar-refractivity contribution in [1.29, 1.82) is 0 Å². The van der Waals surface area contributed by atoms with Crippen LogP contribution in [0.25, 0.3) is 11.1 Å². The summed E-state index contributed by atoms with van der Waals surface area (Å²) in [5.74, 6) is -4.81. The minimum Gasteiger partial charge on any atom is -0.453 e. The van der Waals surface area contributed by atoms with Crippen molar-refractivity contribution in [3.8, 4) is 11.1 Å². The first-order chi connectivity index (χ1) is 11.4. The highest BCUT2D eigenvalue weighted by molar-refractivity contribution is 5.97. The van der Waals surface area contributed by atoms with Crippen LogP contribution in [-0.2, 0) is 9.53 Å². The summed E-state index contributed by atoms with van der Waals surface area (Å²) >= 11 is 0. The van der Waals surface area contributed by atoms with Gasteiger partial charge in [0, 0.05) is 11.3 Å². The molecule has 0 heterocycles. The molecule has 0 fully saturated rings. The fourth-order valence-corrected chi connectivity index (χ4v) is 1.97. The van der Waals surface area contributed by atoms with E-state index in [9.17, 15) is 22.8 Å². The number of halogens is 3. The highest BCUT2D eigenvalue weighted by atomic mass is 19.2. The van der Waals surface area contributed by atoms with Gasteiger partial charge in [0.15, 0.2) is 17.5 Å². The number of amides is 2. The van der Waals surface area contributed by atoms with Crippen molar-refractivity contribution in [3.63, 3.8) is 0 Å². The highest BCUT2D eigenvalue weighted by Gasteiger charge is 2.15. The lowest BCUT2D eigenvalue weighted by Gasteiger charge is -2.12. The molecule has 0 radical (unpaired) electrons. The molecule has 0 bridgehead atoms. The number of ether oxygens (including phenoxy) is 1. The Morgan fingerprint density at radius 3 is 2.33 bits per heavy atom.